The van der Waals surface area contributed by atoms with E-state index >= 15 is 0 Å². The number of anilines is 1. The number of carbonyl (C=O) groups is 1. The summed E-state index contributed by atoms with van der Waals surface area (Å²) in [4.78, 5) is 13.9. The smallest absolute Gasteiger partial charge is 0.380 e. The number of likely N-dealkylation sites (N-methyl/N-ethyl adjacent to an activating group) is 1. The van der Waals surface area contributed by atoms with Crippen molar-refractivity contribution in [3.63, 3.8) is 0 Å². The molecule has 1 aromatic rings. The minimum Gasteiger partial charge on any atom is -0.380 e. The number of carbonyl (C=O) groups excluding carboxylic acids is 1. The lowest BCUT2D eigenvalue weighted by molar-refractivity contribution is -0.120. The van der Waals surface area contributed by atoms with Gasteiger partial charge in [0.15, 0.2) is 4.34 Å². The summed E-state index contributed by atoms with van der Waals surface area (Å²) in [6.45, 7) is 0.625. The molecule has 2 rings (SSSR count). The number of methoxy groups -OCH3 is 1. The first-order valence-corrected chi connectivity index (χ1v) is 7.55. The Morgan fingerprint density at radius 1 is 1.52 bits per heavy atom. The predicted octanol–water partition coefficient (Wildman–Crippen LogP) is 1.81. The fraction of sp³-hybridized carbons (Fsp3) is 0.700. The van der Waals surface area contributed by atoms with E-state index in [9.17, 15) is 18.0 Å². The molecule has 1 saturated heterocycles. The number of nitrogens with zero attached hydrogens (tertiary/aromatic N) is 3. The maximum absolute atomic E-state index is 12.2. The van der Waals surface area contributed by atoms with E-state index in [0.717, 1.165) is 0 Å². The average molecular weight is 342 g/mol. The normalized spacial score (nSPS) is 23.5. The Labute approximate surface area is 127 Å². The third-order valence-corrected chi connectivity index (χ3v) is 4.61. The van der Waals surface area contributed by atoms with E-state index < -0.39 is 11.6 Å². The molecule has 0 radical (unpaired) electrons. The molecule has 1 aromatic heterocycles. The van der Waals surface area contributed by atoms with Crippen molar-refractivity contribution < 1.29 is 22.7 Å². The first-order valence-electron chi connectivity index (χ1n) is 5.91. The van der Waals surface area contributed by atoms with Crippen LogP contribution in [0.25, 0.3) is 0 Å². The topological polar surface area (TPSA) is 67.3 Å². The number of ether oxygens (including phenoxy) is 1. The van der Waals surface area contributed by atoms with Crippen LogP contribution in [0.1, 0.15) is 6.42 Å². The molecule has 1 fully saturated rings. The fourth-order valence-corrected chi connectivity index (χ4v) is 3.47. The van der Waals surface area contributed by atoms with Gasteiger partial charge in [0.2, 0.25) is 11.0 Å². The summed E-state index contributed by atoms with van der Waals surface area (Å²) >= 11 is 0.342. The first-order chi connectivity index (χ1) is 9.78. The van der Waals surface area contributed by atoms with Crippen molar-refractivity contribution in [2.24, 2.45) is 0 Å². The zero-order valence-corrected chi connectivity index (χ0v) is 12.8. The van der Waals surface area contributed by atoms with Gasteiger partial charge in [0.05, 0.1) is 12.1 Å². The van der Waals surface area contributed by atoms with Crippen LogP contribution in [0, 0.1) is 0 Å². The summed E-state index contributed by atoms with van der Waals surface area (Å²) in [6, 6.07) is -0.391. The molecule has 6 nitrogen and oxygen atoms in total. The number of amides is 1. The third-order valence-electron chi connectivity index (χ3n) is 2.99. The molecule has 0 spiro atoms. The number of likely N-dealkylation sites (tertiary alicyclic amines) is 1. The highest BCUT2D eigenvalue weighted by Gasteiger charge is 2.35. The first kappa shape index (κ1) is 16.5. The van der Waals surface area contributed by atoms with Crippen molar-refractivity contribution in [1.29, 1.82) is 0 Å². The number of hydrogen-bond acceptors (Lipinski definition) is 7. The predicted molar refractivity (Wildman–Crippen MR) is 72.3 cm³/mol. The minimum atomic E-state index is -4.42. The van der Waals surface area contributed by atoms with Crippen LogP contribution in [-0.4, -0.2) is 59.4 Å². The van der Waals surface area contributed by atoms with Crippen molar-refractivity contribution in [3.05, 3.63) is 0 Å². The second kappa shape index (κ2) is 6.46. The summed E-state index contributed by atoms with van der Waals surface area (Å²) < 4.78 is 41.5. The van der Waals surface area contributed by atoms with E-state index in [0.29, 0.717) is 24.3 Å². The van der Waals surface area contributed by atoms with Crippen molar-refractivity contribution in [1.82, 2.24) is 15.1 Å². The van der Waals surface area contributed by atoms with Gasteiger partial charge in [-0.15, -0.1) is 10.2 Å². The van der Waals surface area contributed by atoms with Crippen LogP contribution in [0.15, 0.2) is 4.34 Å². The van der Waals surface area contributed by atoms with E-state index in [1.54, 1.807) is 14.2 Å². The molecule has 2 heterocycles. The molecule has 0 saturated carbocycles. The van der Waals surface area contributed by atoms with Crippen LogP contribution in [0.2, 0.25) is 0 Å². The Morgan fingerprint density at radius 2 is 2.24 bits per heavy atom. The van der Waals surface area contributed by atoms with Crippen molar-refractivity contribution in [2.45, 2.75) is 28.4 Å². The Bertz CT molecular complexity index is 511. The van der Waals surface area contributed by atoms with E-state index in [4.69, 9.17) is 4.74 Å². The zero-order chi connectivity index (χ0) is 15.6. The highest BCUT2D eigenvalue weighted by atomic mass is 32.2. The van der Waals surface area contributed by atoms with Crippen LogP contribution in [0.5, 0.6) is 0 Å². The number of alkyl halides is 3. The van der Waals surface area contributed by atoms with Crippen LogP contribution in [-0.2, 0) is 9.53 Å². The van der Waals surface area contributed by atoms with E-state index in [-0.39, 0.29) is 33.2 Å². The van der Waals surface area contributed by atoms with Crippen molar-refractivity contribution >= 4 is 34.1 Å². The molecule has 118 valence electrons. The molecule has 0 bridgehead atoms. The summed E-state index contributed by atoms with van der Waals surface area (Å²) in [5.74, 6) is -0.322. The standard InChI is InChI=1S/C10H13F3N4O2S2/c1-17-4-5(19-2)3-6(17)7(18)14-8-15-16-9(20-8)21-10(11,12)13/h5-6H,3-4H2,1-2H3,(H,14,15,18)/t5-,6-/m0/s1. The summed E-state index contributed by atoms with van der Waals surface area (Å²) in [5, 5.41) is 9.48. The quantitative estimate of drug-likeness (QED) is 0.665. The molecule has 0 unspecified atom stereocenters. The van der Waals surface area contributed by atoms with Gasteiger partial charge in [-0.1, -0.05) is 11.3 Å². The van der Waals surface area contributed by atoms with Gasteiger partial charge in [0.1, 0.15) is 0 Å². The molecule has 21 heavy (non-hydrogen) atoms. The monoisotopic (exact) mass is 342 g/mol. The minimum absolute atomic E-state index is 0.0310. The van der Waals surface area contributed by atoms with Crippen LogP contribution >= 0.6 is 23.1 Å². The molecular formula is C10H13F3N4O2S2. The van der Waals surface area contributed by atoms with Gasteiger partial charge in [-0.25, -0.2) is 0 Å². The molecule has 1 N–H and O–H groups in total. The fourth-order valence-electron chi connectivity index (χ4n) is 2.02. The third kappa shape index (κ3) is 4.53. The maximum atomic E-state index is 12.2. The average Bonchev–Trinajstić information content (AvgIpc) is 2.94. The Balaban J connectivity index is 1.94. The van der Waals surface area contributed by atoms with Gasteiger partial charge in [0.25, 0.3) is 0 Å². The van der Waals surface area contributed by atoms with E-state index in [1.165, 1.54) is 0 Å². The van der Waals surface area contributed by atoms with Crippen LogP contribution in [0.4, 0.5) is 18.3 Å². The zero-order valence-electron chi connectivity index (χ0n) is 11.2. The number of aromatic nitrogens is 2. The molecule has 1 aliphatic rings. The highest BCUT2D eigenvalue weighted by molar-refractivity contribution is 8.01. The van der Waals surface area contributed by atoms with Crippen molar-refractivity contribution in [3.8, 4) is 0 Å². The van der Waals surface area contributed by atoms with Gasteiger partial charge in [-0.3, -0.25) is 15.0 Å². The van der Waals surface area contributed by atoms with Gasteiger partial charge >= 0.3 is 5.51 Å². The van der Waals surface area contributed by atoms with Gasteiger partial charge in [0, 0.05) is 25.4 Å². The number of thioether (sulfide) groups is 1. The number of nitrogens with one attached hydrogen (secondary N) is 1. The molecule has 0 aliphatic carbocycles. The van der Waals surface area contributed by atoms with Gasteiger partial charge < -0.3 is 4.74 Å². The summed E-state index contributed by atoms with van der Waals surface area (Å²) in [7, 11) is 3.36. The number of halogens is 3. The molecular weight excluding hydrogens is 329 g/mol. The van der Waals surface area contributed by atoms with Crippen molar-refractivity contribution in [2.75, 3.05) is 26.0 Å². The lowest BCUT2D eigenvalue weighted by atomic mass is 10.2. The van der Waals surface area contributed by atoms with Gasteiger partial charge in [-0.05, 0) is 13.5 Å². The lowest BCUT2D eigenvalue weighted by Gasteiger charge is -2.16. The SMILES string of the molecule is CO[C@H]1C[C@@H](C(=O)Nc2nnc(SC(F)(F)F)s2)N(C)C1. The van der Waals surface area contributed by atoms with E-state index in [2.05, 4.69) is 15.5 Å². The molecule has 11 heteroatoms. The Morgan fingerprint density at radius 3 is 2.81 bits per heavy atom. The van der Waals surface area contributed by atoms with Crippen LogP contribution < -0.4 is 5.32 Å². The Kier molecular flexibility index (Phi) is 5.07. The molecule has 1 amide bonds. The molecule has 0 aromatic carbocycles. The second-order valence-electron chi connectivity index (χ2n) is 4.46. The second-order valence-corrected chi connectivity index (χ2v) is 6.75. The highest BCUT2D eigenvalue weighted by Crippen LogP contribution is 2.39. The number of hydrogen-bond donors (Lipinski definition) is 1. The summed E-state index contributed by atoms with van der Waals surface area (Å²) in [6.07, 6.45) is 0.499. The van der Waals surface area contributed by atoms with E-state index in [1.807, 2.05) is 4.90 Å². The largest absolute Gasteiger partial charge is 0.448 e. The van der Waals surface area contributed by atoms with Crippen LogP contribution in [0.3, 0.4) is 0 Å². The molecule has 2 atom stereocenters. The van der Waals surface area contributed by atoms with Gasteiger partial charge in [-0.2, -0.15) is 13.2 Å². The molecule has 1 aliphatic heterocycles. The number of rotatable bonds is 4. The Hall–Kier alpha value is -0.910. The lowest BCUT2D eigenvalue weighted by Crippen LogP contribution is -2.37. The maximum Gasteiger partial charge on any atom is 0.448 e. The summed E-state index contributed by atoms with van der Waals surface area (Å²) in [5.41, 5.74) is -4.42.